The van der Waals surface area contributed by atoms with Gasteiger partial charge in [-0.15, -0.1) is 0 Å². The lowest BCUT2D eigenvalue weighted by molar-refractivity contribution is -0.135. The number of nitrogens with zero attached hydrogens (tertiary/aromatic N) is 2. The second-order valence-corrected chi connectivity index (χ2v) is 8.36. The minimum absolute atomic E-state index is 0.141. The van der Waals surface area contributed by atoms with Crippen molar-refractivity contribution in [1.82, 2.24) is 9.80 Å². The highest BCUT2D eigenvalue weighted by Crippen LogP contribution is 2.46. The zero-order chi connectivity index (χ0) is 18.9. The fraction of sp³-hybridized carbons (Fsp3) is 0.636. The van der Waals surface area contributed by atoms with Crippen LogP contribution in [0.25, 0.3) is 0 Å². The van der Waals surface area contributed by atoms with Crippen molar-refractivity contribution >= 4 is 11.8 Å². The number of fused-ring (bicyclic) bond motifs is 2. The predicted octanol–water partition coefficient (Wildman–Crippen LogP) is 2.26. The summed E-state index contributed by atoms with van der Waals surface area (Å²) in [6.45, 7) is 2.72. The van der Waals surface area contributed by atoms with Crippen molar-refractivity contribution < 1.29 is 14.7 Å². The second-order valence-electron chi connectivity index (χ2n) is 8.36. The van der Waals surface area contributed by atoms with Crippen LogP contribution in [0.1, 0.15) is 56.1 Å². The molecule has 3 aliphatic rings. The van der Waals surface area contributed by atoms with Gasteiger partial charge in [-0.25, -0.2) is 0 Å². The summed E-state index contributed by atoms with van der Waals surface area (Å²) < 4.78 is 0. The third-order valence-corrected chi connectivity index (χ3v) is 6.88. The van der Waals surface area contributed by atoms with E-state index in [1.165, 1.54) is 11.1 Å². The average Bonchev–Trinajstić information content (AvgIpc) is 2.81. The lowest BCUT2D eigenvalue weighted by Gasteiger charge is -2.42. The van der Waals surface area contributed by atoms with Crippen LogP contribution in [0, 0.1) is 0 Å². The summed E-state index contributed by atoms with van der Waals surface area (Å²) in [5.41, 5.74) is 2.35. The quantitative estimate of drug-likeness (QED) is 0.888. The van der Waals surface area contributed by atoms with Crippen LogP contribution in [-0.2, 0) is 21.4 Å². The Hall–Kier alpha value is -1.88. The molecule has 2 aliphatic heterocycles. The smallest absolute Gasteiger partial charge is 0.224 e. The van der Waals surface area contributed by atoms with Crippen molar-refractivity contribution in [3.8, 4) is 0 Å². The SMILES string of the molecule is O=C1CCCCCN1CCC(=O)N1CCC2(CC1)c1ccccc1CC2O. The lowest BCUT2D eigenvalue weighted by atomic mass is 9.72. The number of hydrogen-bond acceptors (Lipinski definition) is 3. The van der Waals surface area contributed by atoms with Crippen molar-refractivity contribution in [1.29, 1.82) is 0 Å². The number of rotatable bonds is 3. The van der Waals surface area contributed by atoms with Crippen LogP contribution in [0.5, 0.6) is 0 Å². The summed E-state index contributed by atoms with van der Waals surface area (Å²) in [6, 6.07) is 8.35. The van der Waals surface area contributed by atoms with Crippen LogP contribution in [0.2, 0.25) is 0 Å². The van der Waals surface area contributed by atoms with E-state index in [1.807, 2.05) is 21.9 Å². The number of amides is 2. The number of likely N-dealkylation sites (tertiary alicyclic amines) is 2. The van der Waals surface area contributed by atoms with Crippen molar-refractivity contribution in [2.75, 3.05) is 26.2 Å². The Balaban J connectivity index is 1.34. The van der Waals surface area contributed by atoms with Gasteiger partial charge in [-0.05, 0) is 43.2 Å². The maximum atomic E-state index is 12.7. The van der Waals surface area contributed by atoms with Crippen molar-refractivity contribution in [2.24, 2.45) is 0 Å². The molecule has 0 aromatic heterocycles. The molecule has 2 amide bonds. The van der Waals surface area contributed by atoms with Crippen LogP contribution in [0.15, 0.2) is 24.3 Å². The number of carbonyl (C=O) groups excluding carboxylic acids is 2. The Kier molecular flexibility index (Phi) is 5.22. The minimum Gasteiger partial charge on any atom is -0.392 e. The molecular formula is C22H30N2O3. The maximum absolute atomic E-state index is 12.7. The van der Waals surface area contributed by atoms with Crippen LogP contribution < -0.4 is 0 Å². The van der Waals surface area contributed by atoms with E-state index in [0.717, 1.165) is 45.1 Å². The minimum atomic E-state index is -0.345. The number of hydrogen-bond donors (Lipinski definition) is 1. The van der Waals surface area contributed by atoms with Crippen molar-refractivity contribution in [3.05, 3.63) is 35.4 Å². The van der Waals surface area contributed by atoms with E-state index < -0.39 is 0 Å². The molecule has 1 spiro atoms. The first kappa shape index (κ1) is 18.5. The van der Waals surface area contributed by atoms with E-state index in [4.69, 9.17) is 0 Å². The average molecular weight is 370 g/mol. The highest BCUT2D eigenvalue weighted by molar-refractivity contribution is 5.79. The molecule has 0 bridgehead atoms. The molecule has 2 saturated heterocycles. The molecule has 5 heteroatoms. The Bertz CT molecular complexity index is 709. The Morgan fingerprint density at radius 2 is 1.89 bits per heavy atom. The molecule has 1 atom stereocenters. The summed E-state index contributed by atoms with van der Waals surface area (Å²) in [4.78, 5) is 28.6. The zero-order valence-corrected chi connectivity index (χ0v) is 16.0. The van der Waals surface area contributed by atoms with Gasteiger partial charge in [-0.2, -0.15) is 0 Å². The van der Waals surface area contributed by atoms with Gasteiger partial charge in [-0.3, -0.25) is 9.59 Å². The van der Waals surface area contributed by atoms with Crippen LogP contribution >= 0.6 is 0 Å². The van der Waals surface area contributed by atoms with Gasteiger partial charge in [0, 0.05) is 44.4 Å². The first-order valence-electron chi connectivity index (χ1n) is 10.4. The van der Waals surface area contributed by atoms with Crippen molar-refractivity contribution in [3.63, 3.8) is 0 Å². The molecule has 1 N–H and O–H groups in total. The maximum Gasteiger partial charge on any atom is 0.224 e. The monoisotopic (exact) mass is 370 g/mol. The highest BCUT2D eigenvalue weighted by atomic mass is 16.3. The Labute approximate surface area is 161 Å². The van der Waals surface area contributed by atoms with Crippen LogP contribution in [0.4, 0.5) is 0 Å². The first-order valence-corrected chi connectivity index (χ1v) is 10.4. The molecular weight excluding hydrogens is 340 g/mol. The highest BCUT2D eigenvalue weighted by Gasteiger charge is 2.47. The molecule has 0 saturated carbocycles. The van der Waals surface area contributed by atoms with Crippen LogP contribution in [0.3, 0.4) is 0 Å². The topological polar surface area (TPSA) is 60.9 Å². The molecule has 27 heavy (non-hydrogen) atoms. The summed E-state index contributed by atoms with van der Waals surface area (Å²) >= 11 is 0. The lowest BCUT2D eigenvalue weighted by Crippen LogP contribution is -2.49. The Morgan fingerprint density at radius 1 is 1.11 bits per heavy atom. The normalized spacial score (nSPS) is 24.8. The van der Waals surface area contributed by atoms with Gasteiger partial charge >= 0.3 is 0 Å². The summed E-state index contributed by atoms with van der Waals surface area (Å²) in [5.74, 6) is 0.339. The molecule has 4 rings (SSSR count). The molecule has 1 unspecified atom stereocenters. The number of piperidine rings is 1. The van der Waals surface area contributed by atoms with E-state index in [-0.39, 0.29) is 23.3 Å². The van der Waals surface area contributed by atoms with Gasteiger partial charge in [0.2, 0.25) is 11.8 Å². The van der Waals surface area contributed by atoms with Crippen molar-refractivity contribution in [2.45, 2.75) is 62.9 Å². The molecule has 5 nitrogen and oxygen atoms in total. The number of aliphatic hydroxyl groups excluding tert-OH is 1. The van der Waals surface area contributed by atoms with E-state index in [2.05, 4.69) is 12.1 Å². The van der Waals surface area contributed by atoms with Gasteiger partial charge in [0.25, 0.3) is 0 Å². The zero-order valence-electron chi connectivity index (χ0n) is 16.0. The van der Waals surface area contributed by atoms with Crippen LogP contribution in [-0.4, -0.2) is 59.0 Å². The van der Waals surface area contributed by atoms with Gasteiger partial charge in [0.1, 0.15) is 0 Å². The summed E-state index contributed by atoms with van der Waals surface area (Å²) in [7, 11) is 0. The number of carbonyl (C=O) groups is 2. The van der Waals surface area contributed by atoms with Gasteiger partial charge in [0.05, 0.1) is 6.10 Å². The number of benzene rings is 1. The standard InChI is InChI=1S/C22H30N2O3/c25-19-16-17-6-3-4-7-18(17)22(19)10-14-24(15-11-22)21(27)9-13-23-12-5-1-2-8-20(23)26/h3-4,6-7,19,25H,1-2,5,8-16H2. The van der Waals surface area contributed by atoms with Gasteiger partial charge in [0.15, 0.2) is 0 Å². The molecule has 146 valence electrons. The number of aliphatic hydroxyl groups is 1. The third-order valence-electron chi connectivity index (χ3n) is 6.88. The molecule has 0 radical (unpaired) electrons. The fourth-order valence-corrected chi connectivity index (χ4v) is 5.19. The molecule has 1 aromatic rings. The second kappa shape index (κ2) is 7.63. The van der Waals surface area contributed by atoms with E-state index >= 15 is 0 Å². The third kappa shape index (κ3) is 3.49. The summed E-state index contributed by atoms with van der Waals surface area (Å²) in [5, 5.41) is 10.7. The largest absolute Gasteiger partial charge is 0.392 e. The molecule has 1 aliphatic carbocycles. The Morgan fingerprint density at radius 3 is 2.70 bits per heavy atom. The fourth-order valence-electron chi connectivity index (χ4n) is 5.19. The predicted molar refractivity (Wildman–Crippen MR) is 103 cm³/mol. The van der Waals surface area contributed by atoms with Gasteiger partial charge < -0.3 is 14.9 Å². The van der Waals surface area contributed by atoms with E-state index in [0.29, 0.717) is 32.5 Å². The molecule has 2 fully saturated rings. The van der Waals surface area contributed by atoms with E-state index in [1.54, 1.807) is 0 Å². The molecule has 1 aromatic carbocycles. The first-order chi connectivity index (χ1) is 13.1. The molecule has 2 heterocycles. The van der Waals surface area contributed by atoms with Gasteiger partial charge in [-0.1, -0.05) is 30.7 Å². The summed E-state index contributed by atoms with van der Waals surface area (Å²) in [6.07, 6.45) is 6.18. The van der Waals surface area contributed by atoms with E-state index in [9.17, 15) is 14.7 Å².